The van der Waals surface area contributed by atoms with Crippen LogP contribution in [0.4, 0.5) is 17.6 Å². The topological polar surface area (TPSA) is 116 Å². The van der Waals surface area contributed by atoms with Gasteiger partial charge in [0.25, 0.3) is 5.79 Å². The third-order valence-corrected chi connectivity index (χ3v) is 8.76. The molecule has 3 aromatic heterocycles. The number of nitrogens with one attached hydrogen (secondary N) is 1. The standard InChI is InChI=1S/C31H32F4N8O3/c1-4-24(36-3)30(2)45-23-7-5-6-20(26(23)46-30)19-8-10-42(15-21(19)32)16-25-38-22-12-17(27-39-29(41-40-27)31(33,34)35)13-37-28(22)43(25)14-18-9-11-44-18/h4-7,12-13,18-19,21H,1,8-11,14-16H2,2-3H3,(H,39,40,41)/t18-,19-,21+,30-/m0/s1. The van der Waals surface area contributed by atoms with Crippen molar-refractivity contribution in [1.29, 1.82) is 0 Å². The molecule has 3 aliphatic heterocycles. The average Bonchev–Trinajstić information content (AvgIpc) is 3.71. The van der Waals surface area contributed by atoms with Gasteiger partial charge in [-0.25, -0.2) is 19.3 Å². The van der Waals surface area contributed by atoms with Crippen LogP contribution in [0, 0.1) is 0 Å². The van der Waals surface area contributed by atoms with Crippen molar-refractivity contribution in [3.63, 3.8) is 0 Å². The van der Waals surface area contributed by atoms with E-state index in [4.69, 9.17) is 19.2 Å². The third kappa shape index (κ3) is 5.40. The second kappa shape index (κ2) is 11.5. The summed E-state index contributed by atoms with van der Waals surface area (Å²) in [6.07, 6.45) is -1.42. The molecule has 0 amide bonds. The number of H-pyrrole nitrogens is 1. The molecule has 0 aliphatic carbocycles. The number of benzene rings is 1. The first-order valence-electron chi connectivity index (χ1n) is 15.0. The van der Waals surface area contributed by atoms with Crippen molar-refractivity contribution in [2.24, 2.45) is 4.99 Å². The lowest BCUT2D eigenvalue weighted by Gasteiger charge is -2.35. The van der Waals surface area contributed by atoms with Gasteiger partial charge in [0, 0.05) is 50.4 Å². The van der Waals surface area contributed by atoms with Crippen LogP contribution < -0.4 is 9.47 Å². The van der Waals surface area contributed by atoms with Gasteiger partial charge in [-0.05, 0) is 37.6 Å². The molecule has 7 rings (SSSR count). The molecule has 4 aromatic rings. The van der Waals surface area contributed by atoms with Gasteiger partial charge in [-0.2, -0.15) is 18.3 Å². The maximum atomic E-state index is 16.0. The zero-order valence-electron chi connectivity index (χ0n) is 25.2. The van der Waals surface area contributed by atoms with Gasteiger partial charge in [0.2, 0.25) is 5.82 Å². The maximum Gasteiger partial charge on any atom is 0.451 e. The SMILES string of the molecule is C=CC(=NC)[C@@]1(C)Oc2cccc([C@@H]3CCN(Cc4nc5cc(-c6n[nH]c(C(F)(F)F)n6)cnc5n4C[C@@H]4CCO4)C[C@H]3F)c2O1. The van der Waals surface area contributed by atoms with Crippen molar-refractivity contribution < 1.29 is 31.8 Å². The molecule has 2 fully saturated rings. The Morgan fingerprint density at radius 3 is 2.74 bits per heavy atom. The molecule has 46 heavy (non-hydrogen) atoms. The highest BCUT2D eigenvalue weighted by Crippen LogP contribution is 2.47. The molecule has 0 radical (unpaired) electrons. The number of likely N-dealkylation sites (tertiary alicyclic amines) is 1. The second-order valence-corrected chi connectivity index (χ2v) is 11.8. The van der Waals surface area contributed by atoms with Gasteiger partial charge in [0.05, 0.1) is 19.2 Å². The summed E-state index contributed by atoms with van der Waals surface area (Å²) in [5.41, 5.74) is 2.61. The van der Waals surface area contributed by atoms with E-state index in [2.05, 4.69) is 26.6 Å². The van der Waals surface area contributed by atoms with Crippen molar-refractivity contribution in [2.45, 2.75) is 63.0 Å². The normalized spacial score (nSPS) is 25.2. The smallest absolute Gasteiger partial charge is 0.443 e. The third-order valence-electron chi connectivity index (χ3n) is 8.76. The van der Waals surface area contributed by atoms with Crippen molar-refractivity contribution in [2.75, 3.05) is 26.7 Å². The fourth-order valence-electron chi connectivity index (χ4n) is 6.33. The Labute approximate surface area is 261 Å². The number of pyridine rings is 1. The van der Waals surface area contributed by atoms with Crippen LogP contribution in [-0.4, -0.2) is 85.1 Å². The van der Waals surface area contributed by atoms with Crippen LogP contribution in [0.3, 0.4) is 0 Å². The van der Waals surface area contributed by atoms with Gasteiger partial charge in [-0.1, -0.05) is 18.7 Å². The molecule has 3 aliphatic rings. The van der Waals surface area contributed by atoms with E-state index in [0.717, 1.165) is 12.0 Å². The Morgan fingerprint density at radius 1 is 1.24 bits per heavy atom. The Bertz CT molecular complexity index is 1820. The minimum atomic E-state index is -4.65. The lowest BCUT2D eigenvalue weighted by atomic mass is 9.87. The first kappa shape index (κ1) is 30.3. The summed E-state index contributed by atoms with van der Waals surface area (Å²) in [6.45, 7) is 7.86. The molecule has 1 aromatic carbocycles. The number of rotatable bonds is 8. The lowest BCUT2D eigenvalue weighted by molar-refractivity contribution is -0.144. The summed E-state index contributed by atoms with van der Waals surface area (Å²) in [5.74, 6) is -1.15. The number of hydrogen-bond acceptors (Lipinski definition) is 9. The van der Waals surface area contributed by atoms with E-state index in [0.29, 0.717) is 72.4 Å². The molecule has 1 N–H and O–H groups in total. The number of fused-ring (bicyclic) bond motifs is 2. The van der Waals surface area contributed by atoms with Crippen LogP contribution in [-0.2, 0) is 24.0 Å². The van der Waals surface area contributed by atoms with E-state index in [9.17, 15) is 13.2 Å². The Kier molecular flexibility index (Phi) is 7.54. The highest BCUT2D eigenvalue weighted by molar-refractivity contribution is 6.01. The monoisotopic (exact) mass is 640 g/mol. The number of para-hydroxylation sites is 1. The molecule has 242 valence electrons. The van der Waals surface area contributed by atoms with Gasteiger partial charge in [0.15, 0.2) is 23.0 Å². The first-order valence-corrected chi connectivity index (χ1v) is 15.0. The number of hydrogen-bond donors (Lipinski definition) is 1. The second-order valence-electron chi connectivity index (χ2n) is 11.8. The van der Waals surface area contributed by atoms with E-state index < -0.39 is 29.9 Å². The highest BCUT2D eigenvalue weighted by atomic mass is 19.4. The summed E-state index contributed by atoms with van der Waals surface area (Å²) in [5, 5.41) is 5.64. The summed E-state index contributed by atoms with van der Waals surface area (Å²) >= 11 is 0. The zero-order chi connectivity index (χ0) is 32.2. The van der Waals surface area contributed by atoms with Crippen LogP contribution in [0.5, 0.6) is 11.5 Å². The van der Waals surface area contributed by atoms with Crippen molar-refractivity contribution >= 4 is 16.9 Å². The number of halogens is 4. The Hall–Kier alpha value is -4.37. The molecule has 0 unspecified atom stereocenters. The van der Waals surface area contributed by atoms with Crippen LogP contribution >= 0.6 is 0 Å². The maximum absolute atomic E-state index is 16.0. The predicted molar refractivity (Wildman–Crippen MR) is 159 cm³/mol. The number of nitrogens with zero attached hydrogens (tertiary/aromatic N) is 7. The minimum Gasteiger partial charge on any atom is -0.443 e. The first-order chi connectivity index (χ1) is 22.1. The summed E-state index contributed by atoms with van der Waals surface area (Å²) in [7, 11) is 1.64. The average molecular weight is 641 g/mol. The quantitative estimate of drug-likeness (QED) is 0.209. The van der Waals surface area contributed by atoms with Crippen LogP contribution in [0.2, 0.25) is 0 Å². The Morgan fingerprint density at radius 2 is 2.07 bits per heavy atom. The number of ether oxygens (including phenoxy) is 3. The van der Waals surface area contributed by atoms with Gasteiger partial charge >= 0.3 is 6.18 Å². The highest BCUT2D eigenvalue weighted by Gasteiger charge is 2.44. The van der Waals surface area contributed by atoms with Crippen molar-refractivity contribution in [3.8, 4) is 22.9 Å². The van der Waals surface area contributed by atoms with E-state index in [1.54, 1.807) is 32.2 Å². The summed E-state index contributed by atoms with van der Waals surface area (Å²) in [6, 6.07) is 7.14. The number of aliphatic imine (C=N–C) groups is 1. The molecule has 0 saturated carbocycles. The minimum absolute atomic E-state index is 0.00734. The molecule has 0 spiro atoms. The molecule has 15 heteroatoms. The number of aromatic amines is 1. The molecule has 6 heterocycles. The van der Waals surface area contributed by atoms with Gasteiger partial charge in [-0.15, -0.1) is 0 Å². The number of aromatic nitrogens is 6. The van der Waals surface area contributed by atoms with Gasteiger partial charge in [-0.3, -0.25) is 15.0 Å². The fourth-order valence-corrected chi connectivity index (χ4v) is 6.33. The summed E-state index contributed by atoms with van der Waals surface area (Å²) in [4.78, 5) is 19.1. The van der Waals surface area contributed by atoms with Crippen LogP contribution in [0.1, 0.15) is 42.9 Å². The van der Waals surface area contributed by atoms with Gasteiger partial charge < -0.3 is 18.8 Å². The van der Waals surface area contributed by atoms with Crippen molar-refractivity contribution in [1.82, 2.24) is 34.6 Å². The Balaban J connectivity index is 1.11. The number of piperidine rings is 1. The number of alkyl halides is 4. The molecular formula is C31H32F4N8O3. The zero-order valence-corrected chi connectivity index (χ0v) is 25.2. The lowest BCUT2D eigenvalue weighted by Crippen LogP contribution is -2.43. The van der Waals surface area contributed by atoms with Crippen molar-refractivity contribution in [3.05, 3.63) is 60.3 Å². The van der Waals surface area contributed by atoms with Gasteiger partial charge in [0.1, 0.15) is 23.2 Å². The van der Waals surface area contributed by atoms with E-state index in [1.165, 1.54) is 6.20 Å². The predicted octanol–water partition coefficient (Wildman–Crippen LogP) is 5.10. The van der Waals surface area contributed by atoms with Crippen LogP contribution in [0.15, 0.2) is 48.1 Å². The largest absolute Gasteiger partial charge is 0.451 e. The van der Waals surface area contributed by atoms with Crippen LogP contribution in [0.25, 0.3) is 22.6 Å². The van der Waals surface area contributed by atoms with E-state index in [1.807, 2.05) is 26.7 Å². The number of imidazole rings is 1. The summed E-state index contributed by atoms with van der Waals surface area (Å²) < 4.78 is 75.2. The van der Waals surface area contributed by atoms with E-state index >= 15 is 4.39 Å². The molecule has 2 saturated heterocycles. The molecule has 11 nitrogen and oxygen atoms in total. The van der Waals surface area contributed by atoms with E-state index in [-0.39, 0.29) is 18.5 Å². The molecular weight excluding hydrogens is 608 g/mol. The fraction of sp³-hybridized carbons (Fsp3) is 0.452. The molecule has 4 atom stereocenters. The molecule has 0 bridgehead atoms.